The highest BCUT2D eigenvalue weighted by Gasteiger charge is 2.34. The molecule has 120 valence electrons. The van der Waals surface area contributed by atoms with Gasteiger partial charge in [-0.25, -0.2) is 4.79 Å². The summed E-state index contributed by atoms with van der Waals surface area (Å²) in [6, 6.07) is 4.03. The van der Waals surface area contributed by atoms with Gasteiger partial charge in [0, 0.05) is 19.6 Å². The fourth-order valence-corrected chi connectivity index (χ4v) is 4.09. The molecule has 1 N–H and O–H groups in total. The van der Waals surface area contributed by atoms with E-state index in [0.29, 0.717) is 11.8 Å². The van der Waals surface area contributed by atoms with Crippen LogP contribution in [-0.2, 0) is 5.75 Å². The van der Waals surface area contributed by atoms with Gasteiger partial charge in [-0.2, -0.15) is 11.8 Å². The molecular weight excluding hydrogens is 296 g/mol. The van der Waals surface area contributed by atoms with E-state index >= 15 is 0 Å². The second kappa shape index (κ2) is 7.77. The predicted octanol–water partition coefficient (Wildman–Crippen LogP) is 3.51. The number of thioether (sulfide) groups is 1. The summed E-state index contributed by atoms with van der Waals surface area (Å²) in [6.07, 6.45) is 9.51. The first-order valence-electron chi connectivity index (χ1n) is 8.11. The van der Waals surface area contributed by atoms with Crippen molar-refractivity contribution < 1.29 is 9.21 Å². The molecular formula is C17H24N2O2S. The molecule has 4 nitrogen and oxygen atoms in total. The van der Waals surface area contributed by atoms with E-state index in [1.165, 1.54) is 0 Å². The fraction of sp³-hybridized carbons (Fsp3) is 0.588. The molecule has 2 aliphatic rings. The number of hydrogen-bond acceptors (Lipinski definition) is 3. The van der Waals surface area contributed by atoms with Crippen LogP contribution in [0.4, 0.5) is 4.79 Å². The largest absolute Gasteiger partial charge is 0.468 e. The standard InChI is InChI=1S/C17H24N2O2S/c20-17(19-11-14-5-1-2-6-15(14)12-19)18-8-4-10-22-13-16-7-3-9-21-16/h1-3,7,9,14-15H,4-6,8,10-13H2,(H,18,20)/t14-,15+. The molecule has 22 heavy (non-hydrogen) atoms. The zero-order chi connectivity index (χ0) is 15.2. The van der Waals surface area contributed by atoms with E-state index < -0.39 is 0 Å². The van der Waals surface area contributed by atoms with Gasteiger partial charge >= 0.3 is 6.03 Å². The van der Waals surface area contributed by atoms with Crippen molar-refractivity contribution in [2.24, 2.45) is 11.8 Å². The van der Waals surface area contributed by atoms with Gasteiger partial charge in [-0.05, 0) is 49.0 Å². The number of furan rings is 1. The van der Waals surface area contributed by atoms with Crippen LogP contribution in [-0.4, -0.2) is 36.3 Å². The summed E-state index contributed by atoms with van der Waals surface area (Å²) >= 11 is 1.84. The Morgan fingerprint density at radius 3 is 2.77 bits per heavy atom. The van der Waals surface area contributed by atoms with E-state index in [0.717, 1.165) is 56.2 Å². The molecule has 2 heterocycles. The average molecular weight is 320 g/mol. The Morgan fingerprint density at radius 2 is 2.09 bits per heavy atom. The van der Waals surface area contributed by atoms with Gasteiger partial charge in [0.05, 0.1) is 12.0 Å². The van der Waals surface area contributed by atoms with E-state index in [1.807, 2.05) is 28.8 Å². The number of nitrogens with zero attached hydrogens (tertiary/aromatic N) is 1. The first-order valence-corrected chi connectivity index (χ1v) is 9.26. The molecule has 2 amide bonds. The summed E-state index contributed by atoms with van der Waals surface area (Å²) < 4.78 is 5.29. The molecule has 1 aliphatic carbocycles. The highest BCUT2D eigenvalue weighted by molar-refractivity contribution is 7.98. The van der Waals surface area contributed by atoms with E-state index in [9.17, 15) is 4.79 Å². The average Bonchev–Trinajstić information content (AvgIpc) is 3.19. The van der Waals surface area contributed by atoms with E-state index in [4.69, 9.17) is 4.42 Å². The number of allylic oxidation sites excluding steroid dienone is 2. The summed E-state index contributed by atoms with van der Waals surface area (Å²) in [5.41, 5.74) is 0. The van der Waals surface area contributed by atoms with E-state index in [2.05, 4.69) is 17.5 Å². The summed E-state index contributed by atoms with van der Waals surface area (Å²) in [6.45, 7) is 2.61. The molecule has 0 spiro atoms. The van der Waals surface area contributed by atoms with Crippen molar-refractivity contribution in [1.82, 2.24) is 10.2 Å². The van der Waals surface area contributed by atoms with Crippen LogP contribution in [0, 0.1) is 11.8 Å². The van der Waals surface area contributed by atoms with Crippen molar-refractivity contribution in [3.8, 4) is 0 Å². The molecule has 1 saturated heterocycles. The Labute approximate surface area is 136 Å². The van der Waals surface area contributed by atoms with Gasteiger partial charge in [0.15, 0.2) is 0 Å². The maximum atomic E-state index is 12.2. The number of urea groups is 1. The third kappa shape index (κ3) is 4.09. The fourth-order valence-electron chi connectivity index (χ4n) is 3.23. The zero-order valence-corrected chi connectivity index (χ0v) is 13.7. The maximum absolute atomic E-state index is 12.2. The lowest BCUT2D eigenvalue weighted by molar-refractivity contribution is 0.206. The van der Waals surface area contributed by atoms with Crippen LogP contribution in [0.1, 0.15) is 25.0 Å². The summed E-state index contributed by atoms with van der Waals surface area (Å²) in [7, 11) is 0. The molecule has 3 rings (SSSR count). The SMILES string of the molecule is O=C(NCCCSCc1ccco1)N1C[C@H]2CC=CC[C@H]2C1. The van der Waals surface area contributed by atoms with Gasteiger partial charge < -0.3 is 14.6 Å². The van der Waals surface area contributed by atoms with Gasteiger partial charge in [-0.1, -0.05) is 12.2 Å². The van der Waals surface area contributed by atoms with Gasteiger partial charge in [0.25, 0.3) is 0 Å². The topological polar surface area (TPSA) is 45.5 Å². The van der Waals surface area contributed by atoms with Crippen molar-refractivity contribution in [3.05, 3.63) is 36.3 Å². The predicted molar refractivity (Wildman–Crippen MR) is 89.8 cm³/mol. The van der Waals surface area contributed by atoms with Gasteiger partial charge in [-0.3, -0.25) is 0 Å². The molecule has 1 aromatic heterocycles. The van der Waals surface area contributed by atoms with Crippen molar-refractivity contribution in [2.45, 2.75) is 25.0 Å². The smallest absolute Gasteiger partial charge is 0.317 e. The molecule has 1 fully saturated rings. The molecule has 0 saturated carbocycles. The van der Waals surface area contributed by atoms with Crippen LogP contribution in [0.2, 0.25) is 0 Å². The molecule has 0 aromatic carbocycles. The number of fused-ring (bicyclic) bond motifs is 1. The minimum atomic E-state index is 0.116. The van der Waals surface area contributed by atoms with Crippen LogP contribution in [0.3, 0.4) is 0 Å². The van der Waals surface area contributed by atoms with Gasteiger partial charge in [0.2, 0.25) is 0 Å². The third-order valence-corrected chi connectivity index (χ3v) is 5.54. The molecule has 1 aromatic rings. The van der Waals surface area contributed by atoms with Crippen molar-refractivity contribution in [3.63, 3.8) is 0 Å². The Balaban J connectivity index is 1.27. The molecule has 0 radical (unpaired) electrons. The summed E-state index contributed by atoms with van der Waals surface area (Å²) in [4.78, 5) is 14.2. The van der Waals surface area contributed by atoms with Crippen LogP contribution in [0.25, 0.3) is 0 Å². The quantitative estimate of drug-likeness (QED) is 0.644. The Hall–Kier alpha value is -1.36. The zero-order valence-electron chi connectivity index (χ0n) is 12.9. The number of rotatable bonds is 6. The van der Waals surface area contributed by atoms with Crippen LogP contribution < -0.4 is 5.32 Å². The molecule has 5 heteroatoms. The van der Waals surface area contributed by atoms with Gasteiger partial charge in [-0.15, -0.1) is 0 Å². The normalized spacial score (nSPS) is 23.5. The van der Waals surface area contributed by atoms with Crippen molar-refractivity contribution in [2.75, 3.05) is 25.4 Å². The summed E-state index contributed by atoms with van der Waals surface area (Å²) in [5, 5.41) is 3.06. The second-order valence-corrected chi connectivity index (χ2v) is 7.19. The molecule has 1 aliphatic heterocycles. The molecule has 0 bridgehead atoms. The highest BCUT2D eigenvalue weighted by Crippen LogP contribution is 2.32. The lowest BCUT2D eigenvalue weighted by atomic mass is 9.86. The van der Waals surface area contributed by atoms with Crippen LogP contribution in [0.15, 0.2) is 35.0 Å². The Morgan fingerprint density at radius 1 is 1.32 bits per heavy atom. The molecule has 0 unspecified atom stereocenters. The number of hydrogen-bond donors (Lipinski definition) is 1. The first kappa shape index (κ1) is 15.5. The number of carbonyl (C=O) groups is 1. The van der Waals surface area contributed by atoms with Crippen molar-refractivity contribution >= 4 is 17.8 Å². The lowest BCUT2D eigenvalue weighted by Crippen LogP contribution is -2.39. The van der Waals surface area contributed by atoms with Crippen LogP contribution in [0.5, 0.6) is 0 Å². The Kier molecular flexibility index (Phi) is 5.48. The Bertz CT molecular complexity index is 485. The first-order chi connectivity index (χ1) is 10.8. The second-order valence-electron chi connectivity index (χ2n) is 6.09. The highest BCUT2D eigenvalue weighted by atomic mass is 32.2. The number of nitrogens with one attached hydrogen (secondary N) is 1. The maximum Gasteiger partial charge on any atom is 0.317 e. The van der Waals surface area contributed by atoms with E-state index in [-0.39, 0.29) is 6.03 Å². The number of likely N-dealkylation sites (tertiary alicyclic amines) is 1. The van der Waals surface area contributed by atoms with Crippen LogP contribution >= 0.6 is 11.8 Å². The molecule has 2 atom stereocenters. The summed E-state index contributed by atoms with van der Waals surface area (Å²) in [5.74, 6) is 4.32. The lowest BCUT2D eigenvalue weighted by Gasteiger charge is -2.17. The minimum Gasteiger partial charge on any atom is -0.468 e. The van der Waals surface area contributed by atoms with E-state index in [1.54, 1.807) is 6.26 Å². The number of carbonyl (C=O) groups excluding carboxylic acids is 1. The third-order valence-electron chi connectivity index (χ3n) is 4.47. The monoisotopic (exact) mass is 320 g/mol. The minimum absolute atomic E-state index is 0.116. The number of amides is 2. The van der Waals surface area contributed by atoms with Gasteiger partial charge in [0.1, 0.15) is 5.76 Å². The van der Waals surface area contributed by atoms with Crippen molar-refractivity contribution in [1.29, 1.82) is 0 Å².